The van der Waals surface area contributed by atoms with E-state index in [2.05, 4.69) is 5.32 Å². The van der Waals surface area contributed by atoms with Crippen molar-refractivity contribution in [3.8, 4) is 0 Å². The lowest BCUT2D eigenvalue weighted by Gasteiger charge is -2.34. The third-order valence-electron chi connectivity index (χ3n) is 7.48. The highest BCUT2D eigenvalue weighted by Crippen LogP contribution is 2.30. The largest absolute Gasteiger partial charge is 0.354 e. The van der Waals surface area contributed by atoms with E-state index >= 15 is 0 Å². The average Bonchev–Trinajstić information content (AvgIpc) is 3.03. The molecule has 4 rings (SSSR count). The summed E-state index contributed by atoms with van der Waals surface area (Å²) >= 11 is 6.35. The quantitative estimate of drug-likeness (QED) is 0.178. The van der Waals surface area contributed by atoms with Crippen LogP contribution in [-0.4, -0.2) is 44.3 Å². The van der Waals surface area contributed by atoms with E-state index in [9.17, 15) is 18.0 Å². The van der Waals surface area contributed by atoms with E-state index in [4.69, 9.17) is 11.6 Å². The highest BCUT2D eigenvalue weighted by Gasteiger charge is 2.35. The Morgan fingerprint density at radius 2 is 1.44 bits per heavy atom. The molecule has 0 spiro atoms. The van der Waals surface area contributed by atoms with E-state index in [1.165, 1.54) is 17.0 Å². The molecular weight excluding hydrogens is 606 g/mol. The maximum atomic E-state index is 14.6. The molecule has 7 nitrogen and oxygen atoms in total. The van der Waals surface area contributed by atoms with Gasteiger partial charge < -0.3 is 10.2 Å². The molecular formula is C36H40ClN3O4S. The first kappa shape index (κ1) is 33.7. The van der Waals surface area contributed by atoms with Gasteiger partial charge in [0.15, 0.2) is 0 Å². The van der Waals surface area contributed by atoms with Crippen molar-refractivity contribution in [1.29, 1.82) is 0 Å². The second kappa shape index (κ2) is 15.2. The predicted octanol–water partition coefficient (Wildman–Crippen LogP) is 6.56. The topological polar surface area (TPSA) is 86.8 Å². The van der Waals surface area contributed by atoms with Crippen molar-refractivity contribution in [2.75, 3.05) is 17.4 Å². The summed E-state index contributed by atoms with van der Waals surface area (Å²) in [5.74, 6) is -0.621. The van der Waals surface area contributed by atoms with Crippen molar-refractivity contribution in [1.82, 2.24) is 10.2 Å². The highest BCUT2D eigenvalue weighted by molar-refractivity contribution is 7.92. The van der Waals surface area contributed by atoms with E-state index in [1.54, 1.807) is 43.3 Å². The van der Waals surface area contributed by atoms with Crippen LogP contribution in [0.1, 0.15) is 36.1 Å². The Bertz CT molecular complexity index is 1700. The standard InChI is InChI=1S/C36H40ClN3O4S/c1-26(2)23-38-36(42)34(21-29-11-7-5-8-12-29)39(24-30-18-15-27(3)16-19-30)35(41)25-40(33-22-31(37)20-17-28(33)4)45(43,44)32-13-9-6-10-14-32/h5-20,22,26,34H,21,23-25H2,1-4H3,(H,38,42)/t34-/m1/s1. The van der Waals surface area contributed by atoms with Gasteiger partial charge in [0.25, 0.3) is 10.0 Å². The number of hydrogen-bond acceptors (Lipinski definition) is 4. The minimum Gasteiger partial charge on any atom is -0.354 e. The summed E-state index contributed by atoms with van der Waals surface area (Å²) in [6.45, 7) is 7.76. The van der Waals surface area contributed by atoms with E-state index in [0.29, 0.717) is 22.8 Å². The lowest BCUT2D eigenvalue weighted by molar-refractivity contribution is -0.140. The summed E-state index contributed by atoms with van der Waals surface area (Å²) in [6.07, 6.45) is 0.254. The van der Waals surface area contributed by atoms with Gasteiger partial charge in [-0.15, -0.1) is 0 Å². The SMILES string of the molecule is Cc1ccc(CN(C(=O)CN(c2cc(Cl)ccc2C)S(=O)(=O)c2ccccc2)[C@H](Cc2ccccc2)C(=O)NCC(C)C)cc1. The zero-order chi connectivity index (χ0) is 32.6. The molecule has 1 atom stereocenters. The van der Waals surface area contributed by atoms with Crippen LogP contribution in [0.3, 0.4) is 0 Å². The number of carbonyl (C=O) groups excluding carboxylic acids is 2. The van der Waals surface area contributed by atoms with Crippen LogP contribution < -0.4 is 9.62 Å². The highest BCUT2D eigenvalue weighted by atomic mass is 35.5. The maximum Gasteiger partial charge on any atom is 0.264 e. The molecule has 0 fully saturated rings. The molecule has 2 amide bonds. The van der Waals surface area contributed by atoms with Crippen molar-refractivity contribution < 1.29 is 18.0 Å². The molecule has 0 aliphatic rings. The van der Waals surface area contributed by atoms with Gasteiger partial charge in [0, 0.05) is 24.5 Å². The molecule has 0 radical (unpaired) electrons. The van der Waals surface area contributed by atoms with Crippen LogP contribution in [0.25, 0.3) is 0 Å². The molecule has 0 heterocycles. The first-order valence-electron chi connectivity index (χ1n) is 15.0. The van der Waals surface area contributed by atoms with Gasteiger partial charge in [-0.1, -0.05) is 110 Å². The fourth-order valence-corrected chi connectivity index (χ4v) is 6.61. The Labute approximate surface area is 271 Å². The lowest BCUT2D eigenvalue weighted by Crippen LogP contribution is -2.53. The monoisotopic (exact) mass is 645 g/mol. The predicted molar refractivity (Wildman–Crippen MR) is 181 cm³/mol. The number of amides is 2. The molecule has 4 aromatic carbocycles. The zero-order valence-electron chi connectivity index (χ0n) is 26.1. The smallest absolute Gasteiger partial charge is 0.264 e. The zero-order valence-corrected chi connectivity index (χ0v) is 27.7. The number of rotatable bonds is 13. The van der Waals surface area contributed by atoms with Gasteiger partial charge in [0.2, 0.25) is 11.8 Å². The number of hydrogen-bond donors (Lipinski definition) is 1. The number of benzene rings is 4. The number of sulfonamides is 1. The fourth-order valence-electron chi connectivity index (χ4n) is 4.95. The van der Waals surface area contributed by atoms with Gasteiger partial charge in [-0.25, -0.2) is 8.42 Å². The first-order chi connectivity index (χ1) is 21.5. The van der Waals surface area contributed by atoms with Crippen LogP contribution in [0, 0.1) is 19.8 Å². The second-order valence-corrected chi connectivity index (χ2v) is 13.9. The number of nitrogens with zero attached hydrogens (tertiary/aromatic N) is 2. The average molecular weight is 646 g/mol. The molecule has 9 heteroatoms. The molecule has 0 aliphatic carbocycles. The fraction of sp³-hybridized carbons (Fsp3) is 0.278. The third kappa shape index (κ3) is 8.96. The van der Waals surface area contributed by atoms with Crippen LogP contribution in [0.4, 0.5) is 5.69 Å². The summed E-state index contributed by atoms with van der Waals surface area (Å²) in [5, 5.41) is 3.34. The molecule has 1 N–H and O–H groups in total. The lowest BCUT2D eigenvalue weighted by atomic mass is 10.0. The Morgan fingerprint density at radius 1 is 0.822 bits per heavy atom. The molecule has 0 saturated carbocycles. The summed E-state index contributed by atoms with van der Waals surface area (Å²) in [4.78, 5) is 30.0. The van der Waals surface area contributed by atoms with Gasteiger partial charge in [-0.3, -0.25) is 13.9 Å². The summed E-state index contributed by atoms with van der Waals surface area (Å²) in [5.41, 5.74) is 3.68. The van der Waals surface area contributed by atoms with Crippen LogP contribution in [0.2, 0.25) is 5.02 Å². The number of nitrogens with one attached hydrogen (secondary N) is 1. The molecule has 236 valence electrons. The molecule has 0 unspecified atom stereocenters. The minimum atomic E-state index is -4.20. The van der Waals surface area contributed by atoms with Gasteiger partial charge in [-0.05, 0) is 60.7 Å². The van der Waals surface area contributed by atoms with E-state index < -0.39 is 28.5 Å². The Kier molecular flexibility index (Phi) is 11.4. The van der Waals surface area contributed by atoms with Gasteiger partial charge in [-0.2, -0.15) is 0 Å². The van der Waals surface area contributed by atoms with Crippen LogP contribution in [0.5, 0.6) is 0 Å². The van der Waals surface area contributed by atoms with E-state index in [1.807, 2.05) is 75.4 Å². The number of anilines is 1. The van der Waals surface area contributed by atoms with Crippen molar-refractivity contribution in [2.24, 2.45) is 5.92 Å². The summed E-state index contributed by atoms with van der Waals surface area (Å²) in [6, 6.07) is 29.3. The number of aryl methyl sites for hydroxylation is 2. The molecule has 45 heavy (non-hydrogen) atoms. The summed E-state index contributed by atoms with van der Waals surface area (Å²) in [7, 11) is -4.20. The Hall–Kier alpha value is -4.14. The van der Waals surface area contributed by atoms with Crippen molar-refractivity contribution in [2.45, 2.75) is 51.6 Å². The normalized spacial score (nSPS) is 12.0. The Morgan fingerprint density at radius 3 is 2.07 bits per heavy atom. The minimum absolute atomic E-state index is 0.0396. The van der Waals surface area contributed by atoms with E-state index in [0.717, 1.165) is 21.0 Å². The van der Waals surface area contributed by atoms with Crippen molar-refractivity contribution in [3.05, 3.63) is 130 Å². The van der Waals surface area contributed by atoms with Crippen LogP contribution in [0.15, 0.2) is 108 Å². The Balaban J connectivity index is 1.82. The number of carbonyl (C=O) groups is 2. The molecule has 4 aromatic rings. The molecule has 0 saturated heterocycles. The van der Waals surface area contributed by atoms with Crippen molar-refractivity contribution in [3.63, 3.8) is 0 Å². The van der Waals surface area contributed by atoms with E-state index in [-0.39, 0.29) is 29.7 Å². The maximum absolute atomic E-state index is 14.6. The van der Waals surface area contributed by atoms with Crippen LogP contribution in [-0.2, 0) is 32.6 Å². The molecule has 0 aliphatic heterocycles. The number of halogens is 1. The summed E-state index contributed by atoms with van der Waals surface area (Å²) < 4.78 is 29.4. The van der Waals surface area contributed by atoms with Gasteiger partial charge in [0.05, 0.1) is 10.6 Å². The molecule has 0 aromatic heterocycles. The first-order valence-corrected chi connectivity index (χ1v) is 16.8. The van der Waals surface area contributed by atoms with Crippen LogP contribution >= 0.6 is 11.6 Å². The second-order valence-electron chi connectivity index (χ2n) is 11.6. The van der Waals surface area contributed by atoms with Gasteiger partial charge in [0.1, 0.15) is 12.6 Å². The van der Waals surface area contributed by atoms with Crippen molar-refractivity contribution >= 4 is 39.1 Å². The third-order valence-corrected chi connectivity index (χ3v) is 9.49. The van der Waals surface area contributed by atoms with Gasteiger partial charge >= 0.3 is 0 Å². The molecule has 0 bridgehead atoms.